The second-order valence-corrected chi connectivity index (χ2v) is 5.81. The number of phenolic OH excluding ortho intramolecular Hbond substituents is 1. The first-order valence-corrected chi connectivity index (χ1v) is 7.34. The lowest BCUT2D eigenvalue weighted by atomic mass is 9.79. The SMILES string of the molecule is Cc1c(O)cccc1[C@@H]1CCN(CCCN)C[C@@H]1C. The maximum Gasteiger partial charge on any atom is 0.118 e. The number of piperidine rings is 1. The van der Waals surface area contributed by atoms with Gasteiger partial charge < -0.3 is 15.7 Å². The van der Waals surface area contributed by atoms with Gasteiger partial charge in [-0.1, -0.05) is 19.1 Å². The molecule has 1 saturated heterocycles. The Morgan fingerprint density at radius 2 is 2.21 bits per heavy atom. The number of likely N-dealkylation sites (tertiary alicyclic amines) is 1. The van der Waals surface area contributed by atoms with Gasteiger partial charge in [0, 0.05) is 6.54 Å². The lowest BCUT2D eigenvalue weighted by molar-refractivity contribution is 0.162. The molecule has 0 radical (unpaired) electrons. The second-order valence-electron chi connectivity index (χ2n) is 5.81. The van der Waals surface area contributed by atoms with E-state index in [9.17, 15) is 5.11 Å². The normalized spacial score (nSPS) is 24.6. The average molecular weight is 262 g/mol. The molecule has 0 unspecified atom stereocenters. The van der Waals surface area contributed by atoms with E-state index in [0.29, 0.717) is 17.6 Å². The molecule has 2 atom stereocenters. The highest BCUT2D eigenvalue weighted by Crippen LogP contribution is 2.36. The Hall–Kier alpha value is -1.06. The smallest absolute Gasteiger partial charge is 0.118 e. The number of phenols is 1. The molecule has 106 valence electrons. The molecular weight excluding hydrogens is 236 g/mol. The molecule has 1 fully saturated rings. The topological polar surface area (TPSA) is 49.5 Å². The standard InChI is InChI=1S/C16H26N2O/c1-12-11-18(9-4-8-17)10-7-14(12)15-5-3-6-16(19)13(15)2/h3,5-6,12,14,19H,4,7-11,17H2,1-2H3/t12-,14+/m0/s1. The quantitative estimate of drug-likeness (QED) is 0.876. The molecule has 1 aromatic rings. The minimum atomic E-state index is 0.426. The summed E-state index contributed by atoms with van der Waals surface area (Å²) in [6.45, 7) is 8.53. The van der Waals surface area contributed by atoms with E-state index in [-0.39, 0.29) is 0 Å². The lowest BCUT2D eigenvalue weighted by Crippen LogP contribution is -2.39. The summed E-state index contributed by atoms with van der Waals surface area (Å²) in [4.78, 5) is 2.52. The van der Waals surface area contributed by atoms with E-state index in [1.807, 2.05) is 13.0 Å². The van der Waals surface area contributed by atoms with Crippen LogP contribution < -0.4 is 5.73 Å². The Kier molecular flexibility index (Phi) is 4.83. The van der Waals surface area contributed by atoms with Crippen molar-refractivity contribution >= 4 is 0 Å². The van der Waals surface area contributed by atoms with Crippen LogP contribution >= 0.6 is 0 Å². The first kappa shape index (κ1) is 14.4. The average Bonchev–Trinajstić information content (AvgIpc) is 2.40. The molecule has 1 aliphatic heterocycles. The molecule has 0 aromatic heterocycles. The number of aromatic hydroxyl groups is 1. The van der Waals surface area contributed by atoms with E-state index in [4.69, 9.17) is 5.73 Å². The Morgan fingerprint density at radius 1 is 1.42 bits per heavy atom. The monoisotopic (exact) mass is 262 g/mol. The fraction of sp³-hybridized carbons (Fsp3) is 0.625. The summed E-state index contributed by atoms with van der Waals surface area (Å²) in [6.07, 6.45) is 2.26. The predicted molar refractivity (Wildman–Crippen MR) is 79.5 cm³/mol. The fourth-order valence-corrected chi connectivity index (χ4v) is 3.25. The van der Waals surface area contributed by atoms with Crippen molar-refractivity contribution in [1.29, 1.82) is 0 Å². The van der Waals surface area contributed by atoms with Crippen molar-refractivity contribution < 1.29 is 5.11 Å². The van der Waals surface area contributed by atoms with Crippen LogP contribution in [0.15, 0.2) is 18.2 Å². The largest absolute Gasteiger partial charge is 0.508 e. The summed E-state index contributed by atoms with van der Waals surface area (Å²) in [5.41, 5.74) is 7.96. The zero-order valence-corrected chi connectivity index (χ0v) is 12.1. The van der Waals surface area contributed by atoms with Crippen molar-refractivity contribution in [1.82, 2.24) is 4.90 Å². The van der Waals surface area contributed by atoms with Crippen molar-refractivity contribution in [3.05, 3.63) is 29.3 Å². The van der Waals surface area contributed by atoms with E-state index in [1.54, 1.807) is 6.07 Å². The molecule has 1 aliphatic rings. The molecule has 3 heteroatoms. The Labute approximate surface area is 116 Å². The van der Waals surface area contributed by atoms with Crippen LogP contribution in [0.2, 0.25) is 0 Å². The molecule has 1 heterocycles. The van der Waals surface area contributed by atoms with Crippen molar-refractivity contribution in [3.8, 4) is 5.75 Å². The van der Waals surface area contributed by atoms with Gasteiger partial charge in [0.05, 0.1) is 0 Å². The van der Waals surface area contributed by atoms with Gasteiger partial charge >= 0.3 is 0 Å². The lowest BCUT2D eigenvalue weighted by Gasteiger charge is -2.37. The third-order valence-corrected chi connectivity index (χ3v) is 4.41. The third kappa shape index (κ3) is 3.28. The van der Waals surface area contributed by atoms with Gasteiger partial charge in [0.2, 0.25) is 0 Å². The highest BCUT2D eigenvalue weighted by molar-refractivity contribution is 5.40. The highest BCUT2D eigenvalue weighted by atomic mass is 16.3. The Morgan fingerprint density at radius 3 is 2.89 bits per heavy atom. The summed E-state index contributed by atoms with van der Waals surface area (Å²) in [5.74, 6) is 1.63. The van der Waals surface area contributed by atoms with Crippen molar-refractivity contribution in [2.45, 2.75) is 32.6 Å². The van der Waals surface area contributed by atoms with Gasteiger partial charge in [0.15, 0.2) is 0 Å². The van der Waals surface area contributed by atoms with E-state index in [0.717, 1.165) is 38.2 Å². The maximum atomic E-state index is 9.86. The van der Waals surface area contributed by atoms with E-state index >= 15 is 0 Å². The summed E-state index contributed by atoms with van der Waals surface area (Å²) in [7, 11) is 0. The van der Waals surface area contributed by atoms with Crippen LogP contribution in [0.25, 0.3) is 0 Å². The van der Waals surface area contributed by atoms with Gasteiger partial charge in [-0.25, -0.2) is 0 Å². The van der Waals surface area contributed by atoms with Gasteiger partial charge in [-0.15, -0.1) is 0 Å². The Balaban J connectivity index is 2.05. The fourth-order valence-electron chi connectivity index (χ4n) is 3.25. The molecule has 3 nitrogen and oxygen atoms in total. The predicted octanol–water partition coefficient (Wildman–Crippen LogP) is 2.47. The summed E-state index contributed by atoms with van der Waals surface area (Å²) in [6, 6.07) is 5.91. The van der Waals surface area contributed by atoms with Crippen LogP contribution in [0.3, 0.4) is 0 Å². The first-order valence-electron chi connectivity index (χ1n) is 7.34. The molecule has 0 saturated carbocycles. The van der Waals surface area contributed by atoms with E-state index < -0.39 is 0 Å². The zero-order chi connectivity index (χ0) is 13.8. The molecule has 2 rings (SSSR count). The number of hydrogen-bond acceptors (Lipinski definition) is 3. The van der Waals surface area contributed by atoms with Crippen LogP contribution in [0, 0.1) is 12.8 Å². The molecular formula is C16H26N2O. The number of hydrogen-bond donors (Lipinski definition) is 2. The van der Waals surface area contributed by atoms with Crippen LogP contribution in [-0.2, 0) is 0 Å². The molecule has 0 aliphatic carbocycles. The minimum absolute atomic E-state index is 0.426. The van der Waals surface area contributed by atoms with Gasteiger partial charge in [0.25, 0.3) is 0 Å². The number of nitrogens with two attached hydrogens (primary N) is 1. The molecule has 1 aromatic carbocycles. The first-order chi connectivity index (χ1) is 9.13. The number of rotatable bonds is 4. The molecule has 3 N–H and O–H groups in total. The van der Waals surface area contributed by atoms with Gasteiger partial charge in [-0.05, 0) is 68.4 Å². The minimum Gasteiger partial charge on any atom is -0.508 e. The van der Waals surface area contributed by atoms with E-state index in [2.05, 4.69) is 17.9 Å². The Bertz CT molecular complexity index is 419. The van der Waals surface area contributed by atoms with Crippen LogP contribution in [0.5, 0.6) is 5.75 Å². The molecule has 0 spiro atoms. The molecule has 19 heavy (non-hydrogen) atoms. The summed E-state index contributed by atoms with van der Waals surface area (Å²) < 4.78 is 0. The van der Waals surface area contributed by atoms with Crippen molar-refractivity contribution in [3.63, 3.8) is 0 Å². The molecule has 0 amide bonds. The third-order valence-electron chi connectivity index (χ3n) is 4.41. The maximum absolute atomic E-state index is 9.86. The second kappa shape index (κ2) is 6.40. The van der Waals surface area contributed by atoms with Gasteiger partial charge in [-0.3, -0.25) is 0 Å². The highest BCUT2D eigenvalue weighted by Gasteiger charge is 2.28. The zero-order valence-electron chi connectivity index (χ0n) is 12.1. The van der Waals surface area contributed by atoms with Gasteiger partial charge in [0.1, 0.15) is 5.75 Å². The number of nitrogens with zero attached hydrogens (tertiary/aromatic N) is 1. The van der Waals surface area contributed by atoms with Crippen LogP contribution in [0.1, 0.15) is 36.8 Å². The van der Waals surface area contributed by atoms with Crippen molar-refractivity contribution in [2.75, 3.05) is 26.2 Å². The molecule has 0 bridgehead atoms. The van der Waals surface area contributed by atoms with Gasteiger partial charge in [-0.2, -0.15) is 0 Å². The van der Waals surface area contributed by atoms with Crippen molar-refractivity contribution in [2.24, 2.45) is 11.7 Å². The van der Waals surface area contributed by atoms with Crippen LogP contribution in [-0.4, -0.2) is 36.2 Å². The summed E-state index contributed by atoms with van der Waals surface area (Å²) in [5, 5.41) is 9.86. The number of benzene rings is 1. The van der Waals surface area contributed by atoms with Crippen LogP contribution in [0.4, 0.5) is 0 Å². The van der Waals surface area contributed by atoms with E-state index in [1.165, 1.54) is 12.0 Å². The summed E-state index contributed by atoms with van der Waals surface area (Å²) >= 11 is 0.